The number of hydrogen-bond acceptors (Lipinski definition) is 4. The highest BCUT2D eigenvalue weighted by atomic mass is 16.3. The minimum Gasteiger partial charge on any atom is -0.456 e. The van der Waals surface area contributed by atoms with Gasteiger partial charge in [0.2, 0.25) is 0 Å². The Kier molecular flexibility index (Phi) is 8.55. The van der Waals surface area contributed by atoms with E-state index in [-0.39, 0.29) is 0 Å². The molecule has 4 heteroatoms. The lowest BCUT2D eigenvalue weighted by atomic mass is 9.90. The van der Waals surface area contributed by atoms with Gasteiger partial charge in [0, 0.05) is 55.9 Å². The largest absolute Gasteiger partial charge is 0.456 e. The molecule has 14 rings (SSSR count). The first-order valence-corrected chi connectivity index (χ1v) is 23.2. The van der Waals surface area contributed by atoms with Crippen molar-refractivity contribution >= 4 is 121 Å². The van der Waals surface area contributed by atoms with E-state index >= 15 is 0 Å². The maximum absolute atomic E-state index is 6.62. The zero-order valence-electron chi connectivity index (χ0n) is 36.8. The standard InChI is InChI=1S/C64H40N2O2/c1-3-16-41(17-4-1)47-20-9-12-26-58(47)66(46-33-37-53-51-22-10-13-28-60(51)67-62(53)40-46)45-32-36-50-55-34-30-42-38-44(31-35-48(42)63(55)54-24-8-7-21-49(54)57(50)39-45)65(43-18-5-2-6-19-43)59-27-15-25-56-52-23-11-14-29-61(52)68-64(56)59/h1-40H. The van der Waals surface area contributed by atoms with E-state index in [1.807, 2.05) is 24.3 Å². The summed E-state index contributed by atoms with van der Waals surface area (Å²) in [5.41, 5.74) is 12.1. The lowest BCUT2D eigenvalue weighted by Crippen LogP contribution is -2.11. The van der Waals surface area contributed by atoms with E-state index in [1.165, 1.54) is 43.1 Å². The second-order valence-electron chi connectivity index (χ2n) is 17.6. The van der Waals surface area contributed by atoms with Crippen LogP contribution in [0.25, 0.3) is 98.1 Å². The summed E-state index contributed by atoms with van der Waals surface area (Å²) in [6.45, 7) is 0. The Hall–Kier alpha value is -9.12. The molecule has 0 fully saturated rings. The first-order chi connectivity index (χ1) is 33.7. The van der Waals surface area contributed by atoms with Gasteiger partial charge in [0.25, 0.3) is 0 Å². The Morgan fingerprint density at radius 2 is 0.779 bits per heavy atom. The molecule has 0 atom stereocenters. The fourth-order valence-corrected chi connectivity index (χ4v) is 10.8. The molecule has 12 aromatic carbocycles. The summed E-state index contributed by atoms with van der Waals surface area (Å²) in [6, 6.07) is 87.0. The van der Waals surface area contributed by atoms with Crippen LogP contribution in [-0.4, -0.2) is 0 Å². The van der Waals surface area contributed by atoms with Gasteiger partial charge in [-0.25, -0.2) is 0 Å². The minimum absolute atomic E-state index is 0.858. The lowest BCUT2D eigenvalue weighted by molar-refractivity contribution is 0.668. The van der Waals surface area contributed by atoms with Crippen molar-refractivity contribution in [3.8, 4) is 11.1 Å². The lowest BCUT2D eigenvalue weighted by Gasteiger charge is -2.28. The van der Waals surface area contributed by atoms with Crippen LogP contribution in [0.4, 0.5) is 34.1 Å². The maximum Gasteiger partial charge on any atom is 0.159 e. The molecular weight excluding hydrogens is 829 g/mol. The van der Waals surface area contributed by atoms with Gasteiger partial charge in [0.1, 0.15) is 16.7 Å². The van der Waals surface area contributed by atoms with Gasteiger partial charge < -0.3 is 18.6 Å². The van der Waals surface area contributed by atoms with Crippen molar-refractivity contribution in [1.82, 2.24) is 0 Å². The quantitative estimate of drug-likeness (QED) is 0.149. The van der Waals surface area contributed by atoms with Crippen molar-refractivity contribution in [2.75, 3.05) is 9.80 Å². The molecule has 2 heterocycles. The molecule has 0 aliphatic rings. The molecule has 68 heavy (non-hydrogen) atoms. The SMILES string of the molecule is c1ccc(-c2ccccc2N(c2ccc3c(c2)oc2ccccc23)c2ccc3c(c2)c2ccccc2c2c4ccc(N(c5ccccc5)c5cccc6c5oc5ccccc56)cc4ccc32)cc1. The normalized spacial score (nSPS) is 11.8. The van der Waals surface area contributed by atoms with Crippen LogP contribution in [0.2, 0.25) is 0 Å². The predicted octanol–water partition coefficient (Wildman–Crippen LogP) is 18.7. The zero-order chi connectivity index (χ0) is 44.7. The Balaban J connectivity index is 0.963. The van der Waals surface area contributed by atoms with Crippen molar-refractivity contribution in [3.05, 3.63) is 243 Å². The van der Waals surface area contributed by atoms with Crippen LogP contribution < -0.4 is 9.80 Å². The Bertz CT molecular complexity index is 4260. The molecule has 0 saturated carbocycles. The smallest absolute Gasteiger partial charge is 0.159 e. The average molecular weight is 869 g/mol. The summed E-state index contributed by atoms with van der Waals surface area (Å²) < 4.78 is 13.1. The summed E-state index contributed by atoms with van der Waals surface area (Å²) >= 11 is 0. The average Bonchev–Trinajstić information content (AvgIpc) is 3.98. The van der Waals surface area contributed by atoms with Crippen molar-refractivity contribution < 1.29 is 8.83 Å². The predicted molar refractivity (Wildman–Crippen MR) is 286 cm³/mol. The summed E-state index contributed by atoms with van der Waals surface area (Å²) in [4.78, 5) is 4.71. The monoisotopic (exact) mass is 868 g/mol. The van der Waals surface area contributed by atoms with Crippen LogP contribution in [-0.2, 0) is 0 Å². The van der Waals surface area contributed by atoms with E-state index < -0.39 is 0 Å². The highest BCUT2D eigenvalue weighted by Gasteiger charge is 2.23. The van der Waals surface area contributed by atoms with Gasteiger partial charge in [-0.15, -0.1) is 0 Å². The number of hydrogen-bond donors (Lipinski definition) is 0. The van der Waals surface area contributed by atoms with Crippen LogP contribution in [0, 0.1) is 0 Å². The van der Waals surface area contributed by atoms with Gasteiger partial charge in [-0.05, 0) is 121 Å². The van der Waals surface area contributed by atoms with E-state index in [9.17, 15) is 0 Å². The molecule has 14 aromatic rings. The molecule has 2 aromatic heterocycles. The van der Waals surface area contributed by atoms with E-state index in [1.54, 1.807) is 0 Å². The van der Waals surface area contributed by atoms with Crippen LogP contribution >= 0.6 is 0 Å². The van der Waals surface area contributed by atoms with Gasteiger partial charge in [0.15, 0.2) is 5.58 Å². The molecule has 0 amide bonds. The second kappa shape index (κ2) is 15.2. The van der Waals surface area contributed by atoms with Gasteiger partial charge in [-0.2, -0.15) is 0 Å². The summed E-state index contributed by atoms with van der Waals surface area (Å²) in [5.74, 6) is 0. The molecule has 0 radical (unpaired) electrons. The highest BCUT2D eigenvalue weighted by Crippen LogP contribution is 2.48. The third-order valence-electron chi connectivity index (χ3n) is 13.8. The Labute approximate surface area is 391 Å². The van der Waals surface area contributed by atoms with Crippen LogP contribution in [0.15, 0.2) is 251 Å². The van der Waals surface area contributed by atoms with Gasteiger partial charge >= 0.3 is 0 Å². The Morgan fingerprint density at radius 3 is 1.59 bits per heavy atom. The first-order valence-electron chi connectivity index (χ1n) is 23.2. The molecular formula is C64H40N2O2. The molecule has 0 bridgehead atoms. The van der Waals surface area contributed by atoms with E-state index in [0.29, 0.717) is 0 Å². The molecule has 0 unspecified atom stereocenters. The number of fused-ring (bicyclic) bond motifs is 14. The Morgan fingerprint density at radius 1 is 0.265 bits per heavy atom. The summed E-state index contributed by atoms with van der Waals surface area (Å²) in [7, 11) is 0. The van der Waals surface area contributed by atoms with Crippen LogP contribution in [0.1, 0.15) is 0 Å². The zero-order valence-corrected chi connectivity index (χ0v) is 36.8. The van der Waals surface area contributed by atoms with Crippen molar-refractivity contribution in [1.29, 1.82) is 0 Å². The third-order valence-corrected chi connectivity index (χ3v) is 13.8. The van der Waals surface area contributed by atoms with E-state index in [4.69, 9.17) is 8.83 Å². The molecule has 0 saturated heterocycles. The molecule has 0 N–H and O–H groups in total. The first kappa shape index (κ1) is 38.2. The number of furan rings is 2. The molecule has 0 aliphatic carbocycles. The van der Waals surface area contributed by atoms with E-state index in [0.717, 1.165) is 89.1 Å². The molecule has 318 valence electrons. The molecule has 0 spiro atoms. The van der Waals surface area contributed by atoms with Gasteiger partial charge in [0.05, 0.1) is 11.4 Å². The second-order valence-corrected chi connectivity index (χ2v) is 17.6. The fourth-order valence-electron chi connectivity index (χ4n) is 10.8. The fraction of sp³-hybridized carbons (Fsp3) is 0. The highest BCUT2D eigenvalue weighted by molar-refractivity contribution is 6.32. The van der Waals surface area contributed by atoms with Gasteiger partial charge in [-0.1, -0.05) is 164 Å². The number of anilines is 6. The number of rotatable bonds is 7. The summed E-state index contributed by atoms with van der Waals surface area (Å²) in [6.07, 6.45) is 0. The number of para-hydroxylation sites is 5. The minimum atomic E-state index is 0.858. The topological polar surface area (TPSA) is 32.8 Å². The van der Waals surface area contributed by atoms with Crippen LogP contribution in [0.3, 0.4) is 0 Å². The van der Waals surface area contributed by atoms with Gasteiger partial charge in [-0.3, -0.25) is 0 Å². The molecule has 0 aliphatic heterocycles. The van der Waals surface area contributed by atoms with E-state index in [2.05, 4.69) is 228 Å². The number of benzene rings is 12. The van der Waals surface area contributed by atoms with Crippen LogP contribution in [0.5, 0.6) is 0 Å². The van der Waals surface area contributed by atoms with Crippen molar-refractivity contribution in [3.63, 3.8) is 0 Å². The maximum atomic E-state index is 6.62. The molecule has 4 nitrogen and oxygen atoms in total. The van der Waals surface area contributed by atoms with Crippen molar-refractivity contribution in [2.45, 2.75) is 0 Å². The summed E-state index contributed by atoms with van der Waals surface area (Å²) in [5, 5.41) is 14.1. The number of nitrogens with zero attached hydrogens (tertiary/aromatic N) is 2. The third kappa shape index (κ3) is 5.94. The van der Waals surface area contributed by atoms with Crippen molar-refractivity contribution in [2.24, 2.45) is 0 Å².